The highest BCUT2D eigenvalue weighted by Crippen LogP contribution is 2.21. The number of anilines is 1. The van der Waals surface area contributed by atoms with Gasteiger partial charge in [0, 0.05) is 6.54 Å². The lowest BCUT2D eigenvalue weighted by Crippen LogP contribution is -2.28. The monoisotopic (exact) mass is 385 g/mol. The molecule has 25 heavy (non-hydrogen) atoms. The number of hydrogen-bond donors (Lipinski definition) is 3. The van der Waals surface area contributed by atoms with E-state index in [2.05, 4.69) is 15.4 Å². The number of nitrogens with one attached hydrogen (secondary N) is 3. The van der Waals surface area contributed by atoms with Crippen LogP contribution in [0.2, 0.25) is 5.02 Å². The molecule has 2 amide bonds. The number of urea groups is 1. The Morgan fingerprint density at radius 1 is 1.12 bits per heavy atom. The van der Waals surface area contributed by atoms with Gasteiger partial charge in [-0.3, -0.25) is 0 Å². The van der Waals surface area contributed by atoms with Crippen LogP contribution in [0.3, 0.4) is 0 Å². The van der Waals surface area contributed by atoms with Crippen molar-refractivity contribution in [3.05, 3.63) is 64.4 Å². The number of carbonyl (C=O) groups is 1. The largest absolute Gasteiger partial charge is 0.334 e. The van der Waals surface area contributed by atoms with Crippen molar-refractivity contribution in [2.75, 3.05) is 12.4 Å². The van der Waals surface area contributed by atoms with E-state index in [0.29, 0.717) is 5.56 Å². The molecule has 0 heterocycles. The second kappa shape index (κ2) is 8.28. The smallest absolute Gasteiger partial charge is 0.319 e. The van der Waals surface area contributed by atoms with E-state index in [-0.39, 0.29) is 23.0 Å². The summed E-state index contributed by atoms with van der Waals surface area (Å²) in [5.41, 5.74) is 1.38. The van der Waals surface area contributed by atoms with Crippen LogP contribution in [-0.2, 0) is 22.3 Å². The molecule has 0 bridgehead atoms. The number of rotatable bonds is 6. The van der Waals surface area contributed by atoms with E-state index in [4.69, 9.17) is 11.6 Å². The minimum Gasteiger partial charge on any atom is -0.334 e. The second-order valence-corrected chi connectivity index (χ2v) is 7.52. The Morgan fingerprint density at radius 3 is 2.40 bits per heavy atom. The third kappa shape index (κ3) is 5.70. The normalized spacial score (nSPS) is 11.2. The van der Waals surface area contributed by atoms with Crippen LogP contribution < -0.4 is 15.4 Å². The van der Waals surface area contributed by atoms with Gasteiger partial charge < -0.3 is 10.6 Å². The predicted octanol–water partition coefficient (Wildman–Crippen LogP) is 2.85. The highest BCUT2D eigenvalue weighted by molar-refractivity contribution is 7.88. The van der Waals surface area contributed by atoms with Crippen molar-refractivity contribution in [2.45, 2.75) is 12.3 Å². The molecule has 2 rings (SSSR count). The van der Waals surface area contributed by atoms with Gasteiger partial charge in [-0.15, -0.1) is 0 Å². The van der Waals surface area contributed by atoms with Gasteiger partial charge in [0.05, 0.1) is 16.5 Å². The molecule has 0 aliphatic rings. The van der Waals surface area contributed by atoms with Crippen LogP contribution in [0.4, 0.5) is 14.9 Å². The molecule has 2 aromatic carbocycles. The van der Waals surface area contributed by atoms with Crippen molar-refractivity contribution >= 4 is 33.3 Å². The van der Waals surface area contributed by atoms with Crippen molar-refractivity contribution in [1.29, 1.82) is 0 Å². The molecule has 0 saturated heterocycles. The van der Waals surface area contributed by atoms with Crippen LogP contribution in [-0.4, -0.2) is 21.5 Å². The van der Waals surface area contributed by atoms with Crippen LogP contribution in [0.1, 0.15) is 11.1 Å². The molecule has 0 spiro atoms. The van der Waals surface area contributed by atoms with Gasteiger partial charge in [0.2, 0.25) is 10.0 Å². The van der Waals surface area contributed by atoms with Crippen LogP contribution in [0, 0.1) is 5.82 Å². The molecule has 0 aliphatic carbocycles. The molecular formula is C16H17ClFN3O3S. The van der Waals surface area contributed by atoms with E-state index < -0.39 is 21.9 Å². The Morgan fingerprint density at radius 2 is 1.76 bits per heavy atom. The standard InChI is InChI=1S/C16H17ClFN3O3S/c1-19-25(23,24)10-12-7-5-11(6-8-12)9-20-16(22)21-14-4-2-3-13(17)15(14)18/h2-8,19H,9-10H2,1H3,(H2,20,21,22). The lowest BCUT2D eigenvalue weighted by molar-refractivity contribution is 0.251. The lowest BCUT2D eigenvalue weighted by atomic mass is 10.1. The third-order valence-corrected chi connectivity index (χ3v) is 4.97. The van der Waals surface area contributed by atoms with E-state index >= 15 is 0 Å². The lowest BCUT2D eigenvalue weighted by Gasteiger charge is -2.09. The van der Waals surface area contributed by atoms with Gasteiger partial charge in [0.25, 0.3) is 0 Å². The van der Waals surface area contributed by atoms with Crippen molar-refractivity contribution in [2.24, 2.45) is 0 Å². The van der Waals surface area contributed by atoms with Crippen molar-refractivity contribution in [3.8, 4) is 0 Å². The predicted molar refractivity (Wildman–Crippen MR) is 95.4 cm³/mol. The molecule has 2 aromatic rings. The van der Waals surface area contributed by atoms with E-state index in [1.165, 1.54) is 25.2 Å². The minimum absolute atomic E-state index is 0.0161. The fourth-order valence-corrected chi connectivity index (χ4v) is 2.94. The van der Waals surface area contributed by atoms with Crippen LogP contribution in [0.25, 0.3) is 0 Å². The van der Waals surface area contributed by atoms with Gasteiger partial charge in [-0.1, -0.05) is 41.9 Å². The fourth-order valence-electron chi connectivity index (χ4n) is 1.99. The molecule has 0 atom stereocenters. The fraction of sp³-hybridized carbons (Fsp3) is 0.188. The summed E-state index contributed by atoms with van der Waals surface area (Å²) in [6.07, 6.45) is 0. The molecule has 0 aliphatic heterocycles. The molecule has 134 valence electrons. The van der Waals surface area contributed by atoms with Crippen LogP contribution in [0.5, 0.6) is 0 Å². The first kappa shape index (κ1) is 19.2. The van der Waals surface area contributed by atoms with Gasteiger partial charge in [-0.25, -0.2) is 22.3 Å². The Balaban J connectivity index is 1.90. The summed E-state index contributed by atoms with van der Waals surface area (Å²) in [7, 11) is -1.97. The summed E-state index contributed by atoms with van der Waals surface area (Å²) in [6, 6.07) is 10.5. The average molecular weight is 386 g/mol. The maximum Gasteiger partial charge on any atom is 0.319 e. The summed E-state index contributed by atoms with van der Waals surface area (Å²) in [5.74, 6) is -0.819. The van der Waals surface area contributed by atoms with Crippen molar-refractivity contribution < 1.29 is 17.6 Å². The maximum atomic E-state index is 13.7. The molecule has 0 aromatic heterocycles. The Labute approximate surface area is 150 Å². The zero-order valence-corrected chi connectivity index (χ0v) is 14.9. The quantitative estimate of drug-likeness (QED) is 0.714. The number of benzene rings is 2. The minimum atomic E-state index is -3.33. The number of carbonyl (C=O) groups excluding carboxylic acids is 1. The van der Waals surface area contributed by atoms with Gasteiger partial charge >= 0.3 is 6.03 Å². The molecule has 0 saturated carbocycles. The first-order chi connectivity index (χ1) is 11.8. The summed E-state index contributed by atoms with van der Waals surface area (Å²) in [4.78, 5) is 11.8. The Bertz CT molecular complexity index is 857. The Kier molecular flexibility index (Phi) is 6.35. The first-order valence-electron chi connectivity index (χ1n) is 7.28. The molecule has 0 radical (unpaired) electrons. The number of halogens is 2. The van der Waals surface area contributed by atoms with Gasteiger partial charge in [0.15, 0.2) is 5.82 Å². The highest BCUT2D eigenvalue weighted by atomic mass is 35.5. The second-order valence-electron chi connectivity index (χ2n) is 5.19. The summed E-state index contributed by atoms with van der Waals surface area (Å²) >= 11 is 5.65. The molecule has 3 N–H and O–H groups in total. The SMILES string of the molecule is CNS(=O)(=O)Cc1ccc(CNC(=O)Nc2cccc(Cl)c2F)cc1. The molecule has 6 nitrogen and oxygen atoms in total. The van der Waals surface area contributed by atoms with Crippen LogP contribution >= 0.6 is 11.6 Å². The maximum absolute atomic E-state index is 13.7. The number of amides is 2. The Hall–Kier alpha value is -2.16. The average Bonchev–Trinajstić information content (AvgIpc) is 2.58. The zero-order valence-electron chi connectivity index (χ0n) is 13.3. The van der Waals surface area contributed by atoms with E-state index in [1.54, 1.807) is 24.3 Å². The number of hydrogen-bond acceptors (Lipinski definition) is 3. The van der Waals surface area contributed by atoms with Crippen LogP contribution in [0.15, 0.2) is 42.5 Å². The summed E-state index contributed by atoms with van der Waals surface area (Å²) in [6.45, 7) is 0.201. The zero-order chi connectivity index (χ0) is 18.4. The molecule has 9 heteroatoms. The summed E-state index contributed by atoms with van der Waals surface area (Å²) in [5, 5.41) is 4.88. The van der Waals surface area contributed by atoms with Gasteiger partial charge in [-0.05, 0) is 30.3 Å². The van der Waals surface area contributed by atoms with Gasteiger partial charge in [-0.2, -0.15) is 0 Å². The van der Waals surface area contributed by atoms with E-state index in [0.717, 1.165) is 5.56 Å². The van der Waals surface area contributed by atoms with Crippen molar-refractivity contribution in [3.63, 3.8) is 0 Å². The summed E-state index contributed by atoms with van der Waals surface area (Å²) < 4.78 is 38.9. The third-order valence-electron chi connectivity index (χ3n) is 3.34. The van der Waals surface area contributed by atoms with E-state index in [1.807, 2.05) is 0 Å². The van der Waals surface area contributed by atoms with E-state index in [9.17, 15) is 17.6 Å². The van der Waals surface area contributed by atoms with Crippen molar-refractivity contribution in [1.82, 2.24) is 10.0 Å². The molecule has 0 unspecified atom stereocenters. The number of sulfonamides is 1. The molecular weight excluding hydrogens is 369 g/mol. The topological polar surface area (TPSA) is 87.3 Å². The highest BCUT2D eigenvalue weighted by Gasteiger charge is 2.10. The first-order valence-corrected chi connectivity index (χ1v) is 9.31. The molecule has 0 fully saturated rings. The van der Waals surface area contributed by atoms with Gasteiger partial charge in [0.1, 0.15) is 0 Å².